The fourth-order valence-electron chi connectivity index (χ4n) is 4.85. The van der Waals surface area contributed by atoms with Gasteiger partial charge < -0.3 is 13.9 Å². The van der Waals surface area contributed by atoms with Crippen molar-refractivity contribution in [1.29, 1.82) is 0 Å². The van der Waals surface area contributed by atoms with E-state index in [4.69, 9.17) is 25.5 Å². The van der Waals surface area contributed by atoms with Crippen LogP contribution in [0.3, 0.4) is 0 Å². The molecular formula is C28H26ClNO4. The quantitative estimate of drug-likeness (QED) is 0.358. The van der Waals surface area contributed by atoms with Crippen LogP contribution in [0.2, 0.25) is 5.02 Å². The Hall–Kier alpha value is -3.28. The largest absolute Gasteiger partial charge is 0.493 e. The van der Waals surface area contributed by atoms with Gasteiger partial charge in [-0.25, -0.2) is 0 Å². The Balaban J connectivity index is 1.62. The number of rotatable bonds is 5. The average Bonchev–Trinajstić information content (AvgIpc) is 2.85. The van der Waals surface area contributed by atoms with Crippen molar-refractivity contribution in [2.45, 2.75) is 25.9 Å². The molecule has 1 atom stereocenters. The van der Waals surface area contributed by atoms with Gasteiger partial charge in [-0.2, -0.15) is 0 Å². The molecule has 6 heteroatoms. The fraction of sp³-hybridized carbons (Fsp3) is 0.250. The van der Waals surface area contributed by atoms with Crippen molar-refractivity contribution in [3.8, 4) is 11.5 Å². The molecule has 0 saturated carbocycles. The van der Waals surface area contributed by atoms with Gasteiger partial charge in [-0.15, -0.1) is 0 Å². The number of benzene rings is 3. The van der Waals surface area contributed by atoms with Gasteiger partial charge in [0, 0.05) is 23.7 Å². The number of halogens is 1. The van der Waals surface area contributed by atoms with E-state index in [1.165, 1.54) is 5.56 Å². The average molecular weight is 476 g/mol. The zero-order valence-electron chi connectivity index (χ0n) is 19.4. The Morgan fingerprint density at radius 2 is 1.85 bits per heavy atom. The van der Waals surface area contributed by atoms with Crippen LogP contribution in [0.1, 0.15) is 33.9 Å². The summed E-state index contributed by atoms with van der Waals surface area (Å²) in [6, 6.07) is 17.6. The van der Waals surface area contributed by atoms with E-state index in [1.807, 2.05) is 49.4 Å². The van der Waals surface area contributed by atoms with Crippen molar-refractivity contribution in [3.05, 3.63) is 104 Å². The molecule has 0 saturated heterocycles. The molecule has 0 bridgehead atoms. The first-order valence-electron chi connectivity index (χ1n) is 11.2. The van der Waals surface area contributed by atoms with E-state index < -0.39 is 0 Å². The predicted molar refractivity (Wildman–Crippen MR) is 134 cm³/mol. The van der Waals surface area contributed by atoms with Crippen LogP contribution in [0.4, 0.5) is 0 Å². The molecule has 34 heavy (non-hydrogen) atoms. The lowest BCUT2D eigenvalue weighted by atomic mass is 9.87. The monoisotopic (exact) mass is 475 g/mol. The molecule has 1 aliphatic heterocycles. The Bertz CT molecular complexity index is 1430. The summed E-state index contributed by atoms with van der Waals surface area (Å²) in [6.45, 7) is 3.20. The van der Waals surface area contributed by atoms with Crippen molar-refractivity contribution in [3.63, 3.8) is 0 Å². The SMILES string of the molecule is COc1cc2c(cc1OC)[C@@H](c1cccc(Cl)c1)N(Cc1coc3ccc(C)cc3c1=O)CC2. The normalized spacial score (nSPS) is 15.8. The van der Waals surface area contributed by atoms with Crippen molar-refractivity contribution in [2.75, 3.05) is 20.8 Å². The number of hydrogen-bond donors (Lipinski definition) is 0. The molecule has 0 spiro atoms. The molecule has 3 aromatic carbocycles. The first-order valence-corrected chi connectivity index (χ1v) is 11.6. The summed E-state index contributed by atoms with van der Waals surface area (Å²) in [5, 5.41) is 1.28. The lowest BCUT2D eigenvalue weighted by Crippen LogP contribution is -2.37. The topological polar surface area (TPSA) is 51.9 Å². The van der Waals surface area contributed by atoms with E-state index in [9.17, 15) is 4.79 Å². The van der Waals surface area contributed by atoms with Gasteiger partial charge in [0.05, 0.1) is 31.9 Å². The minimum atomic E-state index is -0.102. The Kier molecular flexibility index (Phi) is 6.07. The van der Waals surface area contributed by atoms with Gasteiger partial charge in [0.2, 0.25) is 0 Å². The van der Waals surface area contributed by atoms with Crippen molar-refractivity contribution < 1.29 is 13.9 Å². The first kappa shape index (κ1) is 22.5. The molecule has 0 N–H and O–H groups in total. The second-order valence-corrected chi connectivity index (χ2v) is 9.11. The standard InChI is InChI=1S/C28H26ClNO4/c1-17-7-8-24-23(11-17)28(31)20(16-34-24)15-30-10-9-18-13-25(32-2)26(33-3)14-22(18)27(30)19-5-4-6-21(29)12-19/h4-8,11-14,16,27H,9-10,15H2,1-3H3/t27-/m1/s1. The fourth-order valence-corrected chi connectivity index (χ4v) is 5.05. The van der Waals surface area contributed by atoms with Gasteiger partial charge in [0.15, 0.2) is 16.9 Å². The highest BCUT2D eigenvalue weighted by Gasteiger charge is 2.31. The van der Waals surface area contributed by atoms with Gasteiger partial charge in [-0.1, -0.05) is 35.4 Å². The number of aryl methyl sites for hydroxylation is 1. The van der Waals surface area contributed by atoms with Gasteiger partial charge in [0.25, 0.3) is 0 Å². The number of methoxy groups -OCH3 is 2. The summed E-state index contributed by atoms with van der Waals surface area (Å²) < 4.78 is 17.0. The lowest BCUT2D eigenvalue weighted by Gasteiger charge is -2.38. The smallest absolute Gasteiger partial charge is 0.197 e. The van der Waals surface area contributed by atoms with Crippen LogP contribution >= 0.6 is 11.6 Å². The van der Waals surface area contributed by atoms with Crippen molar-refractivity contribution >= 4 is 22.6 Å². The molecule has 0 amide bonds. The number of nitrogens with zero attached hydrogens (tertiary/aromatic N) is 1. The van der Waals surface area contributed by atoms with Crippen LogP contribution in [-0.4, -0.2) is 25.7 Å². The van der Waals surface area contributed by atoms with Crippen LogP contribution in [0, 0.1) is 6.92 Å². The van der Waals surface area contributed by atoms with Crippen LogP contribution in [0.5, 0.6) is 11.5 Å². The molecule has 5 rings (SSSR count). The van der Waals surface area contributed by atoms with E-state index in [2.05, 4.69) is 17.0 Å². The maximum absolute atomic E-state index is 13.3. The first-order chi connectivity index (χ1) is 16.5. The molecule has 174 valence electrons. The highest BCUT2D eigenvalue weighted by atomic mass is 35.5. The predicted octanol–water partition coefficient (Wildman–Crippen LogP) is 5.92. The maximum Gasteiger partial charge on any atom is 0.197 e. The lowest BCUT2D eigenvalue weighted by molar-refractivity contribution is 0.201. The van der Waals surface area contributed by atoms with Gasteiger partial charge in [-0.3, -0.25) is 9.69 Å². The van der Waals surface area contributed by atoms with Gasteiger partial charge >= 0.3 is 0 Å². The third kappa shape index (κ3) is 4.06. The van der Waals surface area contributed by atoms with E-state index in [1.54, 1.807) is 20.5 Å². The third-order valence-electron chi connectivity index (χ3n) is 6.51. The Morgan fingerprint density at radius 3 is 2.62 bits per heavy atom. The van der Waals surface area contributed by atoms with Crippen LogP contribution in [0.25, 0.3) is 11.0 Å². The van der Waals surface area contributed by atoms with E-state index >= 15 is 0 Å². The molecule has 1 aromatic heterocycles. The summed E-state index contributed by atoms with van der Waals surface area (Å²) in [4.78, 5) is 15.6. The maximum atomic E-state index is 13.3. The second kappa shape index (κ2) is 9.16. The van der Waals surface area contributed by atoms with Crippen molar-refractivity contribution in [2.24, 2.45) is 0 Å². The van der Waals surface area contributed by atoms with Gasteiger partial charge in [0.1, 0.15) is 5.58 Å². The minimum absolute atomic E-state index is 0.00732. The Labute approximate surface area is 203 Å². The van der Waals surface area contributed by atoms with Gasteiger partial charge in [-0.05, 0) is 66.4 Å². The third-order valence-corrected chi connectivity index (χ3v) is 6.75. The molecule has 0 unspecified atom stereocenters. The molecule has 1 aliphatic rings. The highest BCUT2D eigenvalue weighted by molar-refractivity contribution is 6.30. The zero-order valence-corrected chi connectivity index (χ0v) is 20.2. The molecule has 4 aromatic rings. The summed E-state index contributed by atoms with van der Waals surface area (Å²) in [5.41, 5.74) is 5.64. The van der Waals surface area contributed by atoms with E-state index in [0.717, 1.165) is 29.7 Å². The molecule has 0 fully saturated rings. The van der Waals surface area contributed by atoms with Crippen molar-refractivity contribution in [1.82, 2.24) is 4.90 Å². The number of hydrogen-bond acceptors (Lipinski definition) is 5. The molecular weight excluding hydrogens is 450 g/mol. The van der Waals surface area contributed by atoms with Crippen LogP contribution in [0.15, 0.2) is 70.1 Å². The second-order valence-electron chi connectivity index (χ2n) is 8.67. The molecule has 0 aliphatic carbocycles. The highest BCUT2D eigenvalue weighted by Crippen LogP contribution is 2.41. The molecule has 2 heterocycles. The Morgan fingerprint density at radius 1 is 1.06 bits per heavy atom. The minimum Gasteiger partial charge on any atom is -0.493 e. The van der Waals surface area contributed by atoms with E-state index in [-0.39, 0.29) is 11.5 Å². The number of fused-ring (bicyclic) bond motifs is 2. The summed E-state index contributed by atoms with van der Waals surface area (Å²) in [6.07, 6.45) is 2.42. The van der Waals surface area contributed by atoms with Crippen LogP contribution < -0.4 is 14.9 Å². The zero-order chi connectivity index (χ0) is 23.8. The molecule has 0 radical (unpaired) electrons. The summed E-state index contributed by atoms with van der Waals surface area (Å²) in [5.74, 6) is 1.39. The number of ether oxygens (including phenoxy) is 2. The molecule has 5 nitrogen and oxygen atoms in total. The van der Waals surface area contributed by atoms with Crippen LogP contribution in [-0.2, 0) is 13.0 Å². The summed E-state index contributed by atoms with van der Waals surface area (Å²) >= 11 is 6.38. The van der Waals surface area contributed by atoms with E-state index in [0.29, 0.717) is 39.6 Å². The summed E-state index contributed by atoms with van der Waals surface area (Å²) in [7, 11) is 3.29.